The highest BCUT2D eigenvalue weighted by molar-refractivity contribution is 9.11. The summed E-state index contributed by atoms with van der Waals surface area (Å²) in [5.74, 6) is 0.751. The molecule has 3 heteroatoms. The molecule has 2 N–H and O–H groups in total. The molecule has 2 rings (SSSR count). The molecule has 0 spiro atoms. The molecule has 1 saturated carbocycles. The van der Waals surface area contributed by atoms with Gasteiger partial charge in [0.2, 0.25) is 0 Å². The molecule has 1 aliphatic carbocycles. The molecule has 1 aromatic heterocycles. The van der Waals surface area contributed by atoms with Gasteiger partial charge in [-0.3, -0.25) is 0 Å². The number of thiophene rings is 1. The Morgan fingerprint density at radius 1 is 1.64 bits per heavy atom. The van der Waals surface area contributed by atoms with Gasteiger partial charge >= 0.3 is 0 Å². The Kier molecular flexibility index (Phi) is 2.04. The van der Waals surface area contributed by atoms with Crippen LogP contribution in [0.2, 0.25) is 0 Å². The van der Waals surface area contributed by atoms with Crippen molar-refractivity contribution in [2.75, 3.05) is 0 Å². The third-order valence-electron chi connectivity index (χ3n) is 2.14. The van der Waals surface area contributed by atoms with Crippen molar-refractivity contribution in [3.05, 3.63) is 20.8 Å². The minimum atomic E-state index is 0.274. The molecular weight excluding hydrogens is 222 g/mol. The number of hydrogen-bond acceptors (Lipinski definition) is 2. The van der Waals surface area contributed by atoms with Gasteiger partial charge in [-0.05, 0) is 51.7 Å². The number of rotatable bonds is 2. The van der Waals surface area contributed by atoms with Gasteiger partial charge in [-0.2, -0.15) is 0 Å². The summed E-state index contributed by atoms with van der Waals surface area (Å²) in [4.78, 5) is 0. The molecule has 0 radical (unpaired) electrons. The first-order valence-electron chi connectivity index (χ1n) is 3.77. The van der Waals surface area contributed by atoms with E-state index in [1.807, 2.05) is 0 Å². The zero-order valence-corrected chi connectivity index (χ0v) is 8.49. The lowest BCUT2D eigenvalue weighted by Gasteiger charge is -2.07. The van der Waals surface area contributed by atoms with Crippen molar-refractivity contribution in [1.82, 2.24) is 0 Å². The summed E-state index contributed by atoms with van der Waals surface area (Å²) in [7, 11) is 0. The molecule has 0 aromatic carbocycles. The van der Waals surface area contributed by atoms with E-state index in [0.717, 1.165) is 5.92 Å². The van der Waals surface area contributed by atoms with Crippen LogP contribution in [0.4, 0.5) is 0 Å². The minimum Gasteiger partial charge on any atom is -0.324 e. The second kappa shape index (κ2) is 2.88. The Balaban J connectivity index is 2.20. The Hall–Kier alpha value is 0.140. The highest BCUT2D eigenvalue weighted by Gasteiger charge is 2.30. The first-order chi connectivity index (χ1) is 5.29. The van der Waals surface area contributed by atoms with Crippen LogP contribution in [0.5, 0.6) is 0 Å². The topological polar surface area (TPSA) is 26.0 Å². The zero-order chi connectivity index (χ0) is 7.84. The molecule has 1 aliphatic rings. The molecule has 1 fully saturated rings. The summed E-state index contributed by atoms with van der Waals surface area (Å²) < 4.78 is 1.21. The first kappa shape index (κ1) is 7.77. The molecule has 1 atom stereocenters. The fraction of sp³-hybridized carbons (Fsp3) is 0.500. The van der Waals surface area contributed by atoms with E-state index >= 15 is 0 Å². The number of nitrogens with two attached hydrogens (primary N) is 1. The lowest BCUT2D eigenvalue weighted by Crippen LogP contribution is -2.11. The van der Waals surface area contributed by atoms with E-state index in [4.69, 9.17) is 5.73 Å². The van der Waals surface area contributed by atoms with Crippen molar-refractivity contribution in [3.63, 3.8) is 0 Å². The quantitative estimate of drug-likeness (QED) is 0.833. The minimum absolute atomic E-state index is 0.274. The molecule has 1 nitrogen and oxygen atoms in total. The van der Waals surface area contributed by atoms with Gasteiger partial charge in [-0.15, -0.1) is 11.3 Å². The molecule has 1 heterocycles. The summed E-state index contributed by atoms with van der Waals surface area (Å²) in [6.07, 6.45) is 2.62. The van der Waals surface area contributed by atoms with E-state index in [-0.39, 0.29) is 6.04 Å². The van der Waals surface area contributed by atoms with Crippen LogP contribution in [0, 0.1) is 5.92 Å². The average Bonchev–Trinajstić information content (AvgIpc) is 2.74. The van der Waals surface area contributed by atoms with E-state index in [1.54, 1.807) is 11.3 Å². The van der Waals surface area contributed by atoms with Crippen LogP contribution in [-0.4, -0.2) is 0 Å². The van der Waals surface area contributed by atoms with Gasteiger partial charge in [0.05, 0.1) is 3.79 Å². The average molecular weight is 232 g/mol. The summed E-state index contributed by atoms with van der Waals surface area (Å²) in [5.41, 5.74) is 7.31. The Morgan fingerprint density at radius 2 is 2.36 bits per heavy atom. The van der Waals surface area contributed by atoms with Gasteiger partial charge in [0.1, 0.15) is 0 Å². The summed E-state index contributed by atoms with van der Waals surface area (Å²) in [5, 5.41) is 2.08. The van der Waals surface area contributed by atoms with Crippen LogP contribution in [0.3, 0.4) is 0 Å². The smallest absolute Gasteiger partial charge is 0.0746 e. The maximum atomic E-state index is 6.02. The van der Waals surface area contributed by atoms with Crippen molar-refractivity contribution < 1.29 is 0 Å². The van der Waals surface area contributed by atoms with E-state index in [9.17, 15) is 0 Å². The molecule has 60 valence electrons. The Bertz CT molecular complexity index is 254. The van der Waals surface area contributed by atoms with Crippen LogP contribution in [0.25, 0.3) is 0 Å². The van der Waals surface area contributed by atoms with E-state index in [2.05, 4.69) is 27.4 Å². The molecular formula is C8H10BrNS. The van der Waals surface area contributed by atoms with Crippen LogP contribution in [0.15, 0.2) is 15.2 Å². The van der Waals surface area contributed by atoms with Gasteiger partial charge in [0.15, 0.2) is 0 Å². The zero-order valence-electron chi connectivity index (χ0n) is 6.09. The largest absolute Gasteiger partial charge is 0.324 e. The molecule has 0 bridgehead atoms. The summed E-state index contributed by atoms with van der Waals surface area (Å²) >= 11 is 5.22. The van der Waals surface area contributed by atoms with Crippen LogP contribution in [-0.2, 0) is 0 Å². The number of hydrogen-bond donors (Lipinski definition) is 1. The highest BCUT2D eigenvalue weighted by Crippen LogP contribution is 2.42. The third kappa shape index (κ3) is 1.50. The molecule has 0 unspecified atom stereocenters. The van der Waals surface area contributed by atoms with E-state index in [1.165, 1.54) is 22.2 Å². The number of halogens is 1. The standard InChI is InChI=1S/C8H10BrNS/c9-8-6(3-4-11-8)7(10)5-1-2-5/h3-5,7H,1-2,10H2/t7-/m0/s1. The van der Waals surface area contributed by atoms with Gasteiger partial charge in [0.25, 0.3) is 0 Å². The molecule has 0 aliphatic heterocycles. The van der Waals surface area contributed by atoms with E-state index < -0.39 is 0 Å². The predicted octanol–water partition coefficient (Wildman–Crippen LogP) is 2.92. The highest BCUT2D eigenvalue weighted by atomic mass is 79.9. The van der Waals surface area contributed by atoms with Crippen LogP contribution >= 0.6 is 27.3 Å². The van der Waals surface area contributed by atoms with Crippen molar-refractivity contribution in [2.24, 2.45) is 11.7 Å². The van der Waals surface area contributed by atoms with Gasteiger partial charge in [-0.25, -0.2) is 0 Å². The van der Waals surface area contributed by atoms with E-state index in [0.29, 0.717) is 0 Å². The van der Waals surface area contributed by atoms with Gasteiger partial charge in [0, 0.05) is 6.04 Å². The molecule has 11 heavy (non-hydrogen) atoms. The maximum Gasteiger partial charge on any atom is 0.0746 e. The molecule has 0 amide bonds. The third-order valence-corrected chi connectivity index (χ3v) is 3.87. The Morgan fingerprint density at radius 3 is 2.82 bits per heavy atom. The second-order valence-corrected chi connectivity index (χ2v) is 5.25. The van der Waals surface area contributed by atoms with Crippen molar-refractivity contribution in [3.8, 4) is 0 Å². The lowest BCUT2D eigenvalue weighted by molar-refractivity contribution is 0.633. The summed E-state index contributed by atoms with van der Waals surface area (Å²) in [6, 6.07) is 2.40. The van der Waals surface area contributed by atoms with Gasteiger partial charge < -0.3 is 5.73 Å². The first-order valence-corrected chi connectivity index (χ1v) is 5.45. The second-order valence-electron chi connectivity index (χ2n) is 3.01. The Labute approximate surface area is 78.7 Å². The van der Waals surface area contributed by atoms with Crippen molar-refractivity contribution in [2.45, 2.75) is 18.9 Å². The fourth-order valence-electron chi connectivity index (χ4n) is 1.25. The molecule has 0 saturated heterocycles. The van der Waals surface area contributed by atoms with Crippen molar-refractivity contribution in [1.29, 1.82) is 0 Å². The van der Waals surface area contributed by atoms with Crippen molar-refractivity contribution >= 4 is 27.3 Å². The SMILES string of the molecule is N[C@H](c1ccsc1Br)C1CC1. The maximum absolute atomic E-state index is 6.02. The van der Waals surface area contributed by atoms with Gasteiger partial charge in [-0.1, -0.05) is 0 Å². The summed E-state index contributed by atoms with van der Waals surface area (Å²) in [6.45, 7) is 0. The predicted molar refractivity (Wildman–Crippen MR) is 51.7 cm³/mol. The van der Waals surface area contributed by atoms with Crippen LogP contribution in [0.1, 0.15) is 24.4 Å². The normalized spacial score (nSPS) is 20.2. The lowest BCUT2D eigenvalue weighted by atomic mass is 10.1. The fourth-order valence-corrected chi connectivity index (χ4v) is 2.65. The monoisotopic (exact) mass is 231 g/mol. The van der Waals surface area contributed by atoms with Crippen LogP contribution < -0.4 is 5.73 Å². The molecule has 1 aromatic rings.